The molecule has 10 nitrogen and oxygen atoms in total. The molecule has 1 atom stereocenters. The van der Waals surface area contributed by atoms with Crippen LogP contribution in [0.15, 0.2) is 54.6 Å². The monoisotopic (exact) mass is 615 g/mol. The van der Waals surface area contributed by atoms with E-state index in [0.29, 0.717) is 30.7 Å². The molecule has 10 heteroatoms. The number of hydrogen-bond acceptors (Lipinski definition) is 7. The zero-order valence-corrected chi connectivity index (χ0v) is 26.4. The van der Waals surface area contributed by atoms with E-state index in [0.717, 1.165) is 16.8 Å². The minimum Gasteiger partial charge on any atom is -0.380 e. The molecule has 2 aromatic rings. The number of nitrogens with one attached hydrogen (secondary N) is 1. The van der Waals surface area contributed by atoms with Gasteiger partial charge in [-0.15, -0.1) is 5.06 Å². The fraction of sp³-hybridized carbons (Fsp3) is 0.457. The number of ether oxygens (including phenoxy) is 1. The van der Waals surface area contributed by atoms with Crippen molar-refractivity contribution >= 4 is 40.9 Å². The third-order valence-corrected chi connectivity index (χ3v) is 8.24. The molecule has 238 valence electrons. The van der Waals surface area contributed by atoms with E-state index in [4.69, 9.17) is 9.57 Å². The lowest BCUT2D eigenvalue weighted by Crippen LogP contribution is -2.39. The summed E-state index contributed by atoms with van der Waals surface area (Å²) in [6, 6.07) is 16.2. The van der Waals surface area contributed by atoms with Gasteiger partial charge < -0.3 is 19.8 Å². The Bertz CT molecular complexity index is 1530. The maximum Gasteiger partial charge on any atom is 0.333 e. The number of fused-ring (bicyclic) bond motifs is 5. The maximum absolute atomic E-state index is 13.5. The van der Waals surface area contributed by atoms with Gasteiger partial charge in [-0.1, -0.05) is 76.2 Å². The molecule has 1 unspecified atom stereocenters. The quantitative estimate of drug-likeness (QED) is 0.344. The van der Waals surface area contributed by atoms with Crippen molar-refractivity contribution in [1.82, 2.24) is 10.4 Å². The second-order valence-corrected chi connectivity index (χ2v) is 13.6. The number of carbonyl (C=O) groups is 5. The van der Waals surface area contributed by atoms with Crippen LogP contribution >= 0.6 is 0 Å². The van der Waals surface area contributed by atoms with Crippen LogP contribution in [-0.4, -0.2) is 54.4 Å². The molecule has 1 fully saturated rings. The molecule has 2 aromatic carbocycles. The number of allylic oxidation sites excluding steroid dienone is 2. The number of benzene rings is 2. The third kappa shape index (κ3) is 7.86. The summed E-state index contributed by atoms with van der Waals surface area (Å²) in [4.78, 5) is 68.8. The van der Waals surface area contributed by atoms with Crippen LogP contribution in [0, 0.1) is 10.8 Å². The van der Waals surface area contributed by atoms with Crippen LogP contribution < -0.4 is 10.2 Å². The number of amides is 4. The van der Waals surface area contributed by atoms with Gasteiger partial charge in [0.1, 0.15) is 0 Å². The highest BCUT2D eigenvalue weighted by Gasteiger charge is 2.36. The van der Waals surface area contributed by atoms with Crippen molar-refractivity contribution in [2.24, 2.45) is 10.8 Å². The molecular weight excluding hydrogens is 574 g/mol. The van der Waals surface area contributed by atoms with Crippen molar-refractivity contribution in [1.29, 1.82) is 0 Å². The molecule has 1 N–H and O–H groups in total. The molecule has 0 bridgehead atoms. The fourth-order valence-corrected chi connectivity index (χ4v) is 5.73. The first-order valence-corrected chi connectivity index (χ1v) is 15.4. The molecule has 1 aliphatic carbocycles. The van der Waals surface area contributed by atoms with E-state index in [1.165, 1.54) is 11.1 Å². The summed E-state index contributed by atoms with van der Waals surface area (Å²) < 4.78 is 5.91. The SMILES string of the molecule is CC(C)(CNC(=O)CCC(=O)N1Cc2ccccc2C2C=C2c2ccccc21)COCC(C)(C)CC(=O)ON1C(=O)CCC1=O. The van der Waals surface area contributed by atoms with Crippen molar-refractivity contribution in [3.8, 4) is 0 Å². The van der Waals surface area contributed by atoms with Gasteiger partial charge in [-0.05, 0) is 28.2 Å². The summed E-state index contributed by atoms with van der Waals surface area (Å²) in [5, 5.41) is 3.49. The number of carbonyl (C=O) groups excluding carboxylic acids is 5. The predicted molar refractivity (Wildman–Crippen MR) is 167 cm³/mol. The molecule has 0 aromatic heterocycles. The van der Waals surface area contributed by atoms with Crippen molar-refractivity contribution in [2.75, 3.05) is 24.7 Å². The van der Waals surface area contributed by atoms with Crippen molar-refractivity contribution in [2.45, 2.75) is 72.3 Å². The average Bonchev–Trinajstić information content (AvgIpc) is 3.71. The Morgan fingerprint density at radius 2 is 1.56 bits per heavy atom. The van der Waals surface area contributed by atoms with E-state index < -0.39 is 28.6 Å². The van der Waals surface area contributed by atoms with Gasteiger partial charge in [0.15, 0.2) is 0 Å². The van der Waals surface area contributed by atoms with Gasteiger partial charge in [-0.2, -0.15) is 0 Å². The van der Waals surface area contributed by atoms with Crippen LogP contribution in [0.1, 0.15) is 82.4 Å². The normalized spacial score (nSPS) is 17.4. The smallest absolute Gasteiger partial charge is 0.333 e. The van der Waals surface area contributed by atoms with E-state index >= 15 is 0 Å². The van der Waals surface area contributed by atoms with E-state index in [9.17, 15) is 24.0 Å². The first-order valence-electron chi connectivity index (χ1n) is 15.4. The molecule has 4 amide bonds. The number of hydroxylamine groups is 2. The third-order valence-electron chi connectivity index (χ3n) is 8.24. The lowest BCUT2D eigenvalue weighted by molar-refractivity contribution is -0.199. The van der Waals surface area contributed by atoms with E-state index in [1.54, 1.807) is 4.90 Å². The number of para-hydroxylation sites is 1. The first-order chi connectivity index (χ1) is 21.3. The Balaban J connectivity index is 1.07. The van der Waals surface area contributed by atoms with Gasteiger partial charge in [-0.3, -0.25) is 19.2 Å². The molecule has 0 spiro atoms. The molecule has 45 heavy (non-hydrogen) atoms. The topological polar surface area (TPSA) is 122 Å². The second-order valence-electron chi connectivity index (χ2n) is 13.6. The van der Waals surface area contributed by atoms with E-state index in [1.807, 2.05) is 58.0 Å². The lowest BCUT2D eigenvalue weighted by atomic mass is 9.90. The molecular formula is C35H41N3O7. The molecule has 1 saturated heterocycles. The van der Waals surface area contributed by atoms with Gasteiger partial charge in [0.05, 0.1) is 31.9 Å². The van der Waals surface area contributed by atoms with Crippen molar-refractivity contribution in [3.05, 3.63) is 71.3 Å². The van der Waals surface area contributed by atoms with Crippen LogP contribution in [0.4, 0.5) is 5.69 Å². The number of imide groups is 1. The van der Waals surface area contributed by atoms with Crippen molar-refractivity contribution < 1.29 is 33.5 Å². The summed E-state index contributed by atoms with van der Waals surface area (Å²) in [5.41, 5.74) is 4.49. The van der Waals surface area contributed by atoms with Gasteiger partial charge in [0.25, 0.3) is 11.8 Å². The molecule has 5 rings (SSSR count). The van der Waals surface area contributed by atoms with Gasteiger partial charge in [0.2, 0.25) is 11.8 Å². The van der Waals surface area contributed by atoms with E-state index in [-0.39, 0.29) is 50.5 Å². The van der Waals surface area contributed by atoms with Gasteiger partial charge in [-0.25, -0.2) is 4.79 Å². The highest BCUT2D eigenvalue weighted by molar-refractivity contribution is 6.02. The summed E-state index contributed by atoms with van der Waals surface area (Å²) in [6.07, 6.45) is 2.43. The van der Waals surface area contributed by atoms with Crippen molar-refractivity contribution in [3.63, 3.8) is 0 Å². The summed E-state index contributed by atoms with van der Waals surface area (Å²) in [5.74, 6) is -1.73. The Hall–Kier alpha value is -4.31. The minimum absolute atomic E-state index is 0.0412. The number of rotatable bonds is 12. The Morgan fingerprint density at radius 1 is 0.889 bits per heavy atom. The standard InChI is InChI=1S/C35H41N3O7/c1-34(2,18-33(43)45-38-31(41)15-16-32(38)42)21-44-22-35(3,4)20-36-29(39)13-14-30(40)37-19-23-9-5-6-10-24(23)26-17-27(26)25-11-7-8-12-28(25)37/h5-12,17,26H,13-16,18-22H2,1-4H3,(H,36,39). The summed E-state index contributed by atoms with van der Waals surface area (Å²) in [6.45, 7) is 8.92. The number of anilines is 1. The Morgan fingerprint density at radius 3 is 2.31 bits per heavy atom. The fourth-order valence-electron chi connectivity index (χ4n) is 5.73. The Labute approximate surface area is 263 Å². The summed E-state index contributed by atoms with van der Waals surface area (Å²) >= 11 is 0. The van der Waals surface area contributed by atoms with E-state index in [2.05, 4.69) is 29.6 Å². The van der Waals surface area contributed by atoms with Gasteiger partial charge in [0, 0.05) is 49.1 Å². The molecule has 3 aliphatic rings. The van der Waals surface area contributed by atoms with Crippen LogP contribution in [0.5, 0.6) is 0 Å². The summed E-state index contributed by atoms with van der Waals surface area (Å²) in [7, 11) is 0. The molecule has 0 saturated carbocycles. The highest BCUT2D eigenvalue weighted by Crippen LogP contribution is 2.51. The second kappa shape index (κ2) is 13.0. The average molecular weight is 616 g/mol. The first kappa shape index (κ1) is 32.1. The van der Waals surface area contributed by atoms with Crippen LogP contribution in [0.2, 0.25) is 0 Å². The number of hydrogen-bond donors (Lipinski definition) is 1. The lowest BCUT2D eigenvalue weighted by Gasteiger charge is -2.29. The minimum atomic E-state index is -0.675. The highest BCUT2D eigenvalue weighted by atomic mass is 16.7. The zero-order valence-electron chi connectivity index (χ0n) is 26.4. The largest absolute Gasteiger partial charge is 0.380 e. The molecule has 2 heterocycles. The molecule has 0 radical (unpaired) electrons. The molecule has 2 aliphatic heterocycles. The Kier molecular flexibility index (Phi) is 9.25. The zero-order chi connectivity index (χ0) is 32.4. The van der Waals surface area contributed by atoms with Gasteiger partial charge >= 0.3 is 5.97 Å². The predicted octanol–water partition coefficient (Wildman–Crippen LogP) is 4.68. The maximum atomic E-state index is 13.5. The van der Waals surface area contributed by atoms with Crippen LogP contribution in [0.25, 0.3) is 5.57 Å². The number of nitrogens with zero attached hydrogens (tertiary/aromatic N) is 2. The van der Waals surface area contributed by atoms with Crippen LogP contribution in [0.3, 0.4) is 0 Å². The van der Waals surface area contributed by atoms with Crippen LogP contribution in [-0.2, 0) is 40.1 Å².